The third-order valence-corrected chi connectivity index (χ3v) is 5.65. The molecule has 1 aromatic heterocycles. The van der Waals surface area contributed by atoms with E-state index >= 15 is 0 Å². The van der Waals surface area contributed by atoms with Crippen LogP contribution in [0.5, 0.6) is 5.75 Å². The molecule has 0 amide bonds. The minimum atomic E-state index is 0.497. The Morgan fingerprint density at radius 2 is 2.24 bits per heavy atom. The van der Waals surface area contributed by atoms with Crippen molar-refractivity contribution in [2.45, 2.75) is 51.0 Å². The van der Waals surface area contributed by atoms with Gasteiger partial charge in [-0.1, -0.05) is 0 Å². The largest absolute Gasteiger partial charge is 0.497 e. The predicted octanol–water partition coefficient (Wildman–Crippen LogP) is 3.79. The maximum absolute atomic E-state index is 5.95. The number of nitrogens with zero attached hydrogens (tertiary/aromatic N) is 1. The first-order valence-electron chi connectivity index (χ1n) is 9.68. The Hall–Kier alpha value is -1.81. The fraction of sp³-hybridized carbons (Fsp3) is 0.571. The van der Waals surface area contributed by atoms with Gasteiger partial charge in [0.1, 0.15) is 19.0 Å². The smallest absolute Gasteiger partial charge is 0.137 e. The summed E-state index contributed by atoms with van der Waals surface area (Å²) in [5, 5.41) is 3.47. The molecule has 4 heteroatoms. The van der Waals surface area contributed by atoms with Gasteiger partial charge in [-0.2, -0.15) is 0 Å². The van der Waals surface area contributed by atoms with Gasteiger partial charge < -0.3 is 14.8 Å². The van der Waals surface area contributed by atoms with Crippen LogP contribution in [-0.2, 0) is 11.2 Å². The molecule has 0 aromatic carbocycles. The summed E-state index contributed by atoms with van der Waals surface area (Å²) in [6.07, 6.45) is 16.4. The molecular formula is C21H28N2O2. The van der Waals surface area contributed by atoms with Crippen molar-refractivity contribution in [1.29, 1.82) is 0 Å². The van der Waals surface area contributed by atoms with Crippen molar-refractivity contribution in [2.24, 2.45) is 5.92 Å². The topological polar surface area (TPSA) is 43.4 Å². The maximum Gasteiger partial charge on any atom is 0.137 e. The van der Waals surface area contributed by atoms with E-state index in [-0.39, 0.29) is 0 Å². The number of aromatic nitrogens is 1. The van der Waals surface area contributed by atoms with Gasteiger partial charge in [0, 0.05) is 12.2 Å². The van der Waals surface area contributed by atoms with Gasteiger partial charge in [-0.25, -0.2) is 0 Å². The van der Waals surface area contributed by atoms with Crippen LogP contribution in [0, 0.1) is 5.92 Å². The molecule has 4 rings (SSSR count). The zero-order valence-electron chi connectivity index (χ0n) is 14.9. The van der Waals surface area contributed by atoms with Gasteiger partial charge in [0.15, 0.2) is 0 Å². The van der Waals surface area contributed by atoms with Gasteiger partial charge >= 0.3 is 0 Å². The highest BCUT2D eigenvalue weighted by Crippen LogP contribution is 2.35. The minimum Gasteiger partial charge on any atom is -0.497 e. The summed E-state index contributed by atoms with van der Waals surface area (Å²) in [4.78, 5) is 4.38. The Kier molecular flexibility index (Phi) is 5.36. The van der Waals surface area contributed by atoms with Gasteiger partial charge in [-0.15, -0.1) is 0 Å². The van der Waals surface area contributed by atoms with Crippen LogP contribution < -0.4 is 10.1 Å². The van der Waals surface area contributed by atoms with Gasteiger partial charge in [0.2, 0.25) is 0 Å². The number of rotatable bonds is 6. The van der Waals surface area contributed by atoms with Crippen LogP contribution >= 0.6 is 0 Å². The molecule has 0 saturated carbocycles. The first kappa shape index (κ1) is 16.6. The highest BCUT2D eigenvalue weighted by atomic mass is 16.5. The minimum absolute atomic E-state index is 0.497. The summed E-state index contributed by atoms with van der Waals surface area (Å²) in [5.74, 6) is 1.57. The average Bonchev–Trinajstić information content (AvgIpc) is 3.19. The molecule has 3 heterocycles. The lowest BCUT2D eigenvalue weighted by molar-refractivity contribution is 0.259. The van der Waals surface area contributed by atoms with Crippen molar-refractivity contribution >= 4 is 0 Å². The van der Waals surface area contributed by atoms with Crippen LogP contribution in [0.3, 0.4) is 0 Å². The number of ether oxygens (including phenoxy) is 2. The van der Waals surface area contributed by atoms with E-state index < -0.39 is 0 Å². The quantitative estimate of drug-likeness (QED) is 0.856. The van der Waals surface area contributed by atoms with Crippen LogP contribution in [-0.4, -0.2) is 30.8 Å². The molecule has 1 aliphatic carbocycles. The Labute approximate surface area is 150 Å². The second-order valence-electron chi connectivity index (χ2n) is 7.43. The van der Waals surface area contributed by atoms with Crippen molar-refractivity contribution in [3.63, 3.8) is 0 Å². The SMILES string of the molecule is C1=CC2=C(CCCC2CCc2cncc(OC[C@@H]3CCCN3)c2)CO1. The zero-order chi connectivity index (χ0) is 16.9. The highest BCUT2D eigenvalue weighted by Gasteiger charge is 2.23. The Balaban J connectivity index is 1.33. The Bertz CT molecular complexity index is 647. The van der Waals surface area contributed by atoms with E-state index in [9.17, 15) is 0 Å². The van der Waals surface area contributed by atoms with Crippen LogP contribution in [0.25, 0.3) is 0 Å². The van der Waals surface area contributed by atoms with E-state index in [1.54, 1.807) is 0 Å². The molecule has 1 N–H and O–H groups in total. The van der Waals surface area contributed by atoms with Crippen LogP contribution in [0.4, 0.5) is 0 Å². The summed E-state index contributed by atoms with van der Waals surface area (Å²) >= 11 is 0. The number of nitrogens with one attached hydrogen (secondary N) is 1. The molecule has 134 valence electrons. The molecule has 1 aromatic rings. The summed E-state index contributed by atoms with van der Waals surface area (Å²) in [5.41, 5.74) is 4.32. The van der Waals surface area contributed by atoms with E-state index in [4.69, 9.17) is 9.47 Å². The number of hydrogen-bond acceptors (Lipinski definition) is 4. The molecule has 1 fully saturated rings. The molecule has 2 aliphatic heterocycles. The van der Waals surface area contributed by atoms with Crippen molar-refractivity contribution in [3.8, 4) is 5.75 Å². The second kappa shape index (κ2) is 8.05. The number of allylic oxidation sites excluding steroid dienone is 2. The molecular weight excluding hydrogens is 312 g/mol. The third-order valence-electron chi connectivity index (χ3n) is 5.65. The van der Waals surface area contributed by atoms with Gasteiger partial charge in [-0.3, -0.25) is 4.98 Å². The third kappa shape index (κ3) is 4.24. The lowest BCUT2D eigenvalue weighted by atomic mass is 9.79. The lowest BCUT2D eigenvalue weighted by Crippen LogP contribution is -2.28. The number of pyridine rings is 1. The Morgan fingerprint density at radius 1 is 1.24 bits per heavy atom. The number of aryl methyl sites for hydroxylation is 1. The van der Waals surface area contributed by atoms with E-state index in [0.29, 0.717) is 12.0 Å². The van der Waals surface area contributed by atoms with Crippen LogP contribution in [0.1, 0.15) is 44.1 Å². The molecule has 0 spiro atoms. The van der Waals surface area contributed by atoms with Crippen molar-refractivity contribution in [3.05, 3.63) is 47.5 Å². The molecule has 1 unspecified atom stereocenters. The molecule has 3 aliphatic rings. The fourth-order valence-electron chi connectivity index (χ4n) is 4.25. The second-order valence-corrected chi connectivity index (χ2v) is 7.43. The average molecular weight is 340 g/mol. The van der Waals surface area contributed by atoms with Crippen molar-refractivity contribution in [2.75, 3.05) is 19.8 Å². The van der Waals surface area contributed by atoms with E-state index in [1.165, 1.54) is 55.2 Å². The summed E-state index contributed by atoms with van der Waals surface area (Å²) < 4.78 is 11.4. The normalized spacial score (nSPS) is 25.6. The predicted molar refractivity (Wildman–Crippen MR) is 98.5 cm³/mol. The summed E-state index contributed by atoms with van der Waals surface area (Å²) in [7, 11) is 0. The maximum atomic E-state index is 5.95. The van der Waals surface area contributed by atoms with E-state index in [1.807, 2.05) is 18.7 Å². The number of hydrogen-bond donors (Lipinski definition) is 1. The first-order valence-corrected chi connectivity index (χ1v) is 9.68. The van der Waals surface area contributed by atoms with Crippen LogP contribution in [0.15, 0.2) is 41.9 Å². The zero-order valence-corrected chi connectivity index (χ0v) is 14.9. The van der Waals surface area contributed by atoms with E-state index in [0.717, 1.165) is 31.9 Å². The van der Waals surface area contributed by atoms with E-state index in [2.05, 4.69) is 22.4 Å². The van der Waals surface area contributed by atoms with Crippen molar-refractivity contribution in [1.82, 2.24) is 10.3 Å². The summed E-state index contributed by atoms with van der Waals surface area (Å²) in [6, 6.07) is 2.66. The molecule has 1 saturated heterocycles. The van der Waals surface area contributed by atoms with Gasteiger partial charge in [-0.05, 0) is 86.3 Å². The highest BCUT2D eigenvalue weighted by molar-refractivity contribution is 5.32. The molecule has 4 nitrogen and oxygen atoms in total. The molecule has 2 atom stereocenters. The van der Waals surface area contributed by atoms with Gasteiger partial charge in [0.25, 0.3) is 0 Å². The van der Waals surface area contributed by atoms with Crippen LogP contribution in [0.2, 0.25) is 0 Å². The lowest BCUT2D eigenvalue weighted by Gasteiger charge is -2.29. The van der Waals surface area contributed by atoms with Gasteiger partial charge in [0.05, 0.1) is 12.5 Å². The molecule has 0 bridgehead atoms. The molecule has 25 heavy (non-hydrogen) atoms. The standard InChI is InChI=1S/C21H28N2O2/c1-3-17(21-8-10-24-14-18(21)4-1)7-6-16-11-20(13-22-12-16)25-15-19-5-2-9-23-19/h8,10-13,17,19,23H,1-7,9,14-15H2/t17?,19-/m0/s1. The fourth-order valence-corrected chi connectivity index (χ4v) is 4.25. The van der Waals surface area contributed by atoms with Crippen molar-refractivity contribution < 1.29 is 9.47 Å². The Morgan fingerprint density at radius 3 is 3.16 bits per heavy atom. The first-order chi connectivity index (χ1) is 12.4. The molecule has 0 radical (unpaired) electrons. The monoisotopic (exact) mass is 340 g/mol. The summed E-state index contributed by atoms with van der Waals surface area (Å²) in [6.45, 7) is 2.66.